The molecule has 0 saturated carbocycles. The zero-order valence-electron chi connectivity index (χ0n) is 8.42. The van der Waals surface area contributed by atoms with Crippen LogP contribution in [-0.2, 0) is 4.79 Å². The first-order chi connectivity index (χ1) is 6.20. The second-order valence-corrected chi connectivity index (χ2v) is 4.52. The maximum Gasteiger partial charge on any atom is 0.223 e. The number of nitrogens with zero attached hydrogens (tertiary/aromatic N) is 1. The molecular weight excluding hydrogens is 230 g/mol. The third-order valence-electron chi connectivity index (χ3n) is 2.85. The second kappa shape index (κ2) is 4.99. The number of rotatable bonds is 3. The van der Waals surface area contributed by atoms with Gasteiger partial charge in [0.15, 0.2) is 0 Å². The molecule has 0 aromatic rings. The summed E-state index contributed by atoms with van der Waals surface area (Å²) in [4.78, 5) is 13.8. The van der Waals surface area contributed by atoms with Crippen LogP contribution >= 0.6 is 15.9 Å². The summed E-state index contributed by atoms with van der Waals surface area (Å²) >= 11 is 3.31. The van der Waals surface area contributed by atoms with Crippen molar-refractivity contribution in [3.63, 3.8) is 0 Å². The van der Waals surface area contributed by atoms with E-state index in [9.17, 15) is 4.79 Å². The zero-order chi connectivity index (χ0) is 9.84. The number of hydrogen-bond acceptors (Lipinski definition) is 1. The number of carbonyl (C=O) groups is 1. The third kappa shape index (κ3) is 2.46. The Morgan fingerprint density at radius 3 is 2.77 bits per heavy atom. The van der Waals surface area contributed by atoms with E-state index < -0.39 is 0 Å². The predicted molar refractivity (Wildman–Crippen MR) is 58.0 cm³/mol. The Hall–Kier alpha value is -0.0500. The van der Waals surface area contributed by atoms with Crippen LogP contribution in [-0.4, -0.2) is 28.2 Å². The van der Waals surface area contributed by atoms with Gasteiger partial charge in [0.05, 0.1) is 0 Å². The molecule has 76 valence electrons. The van der Waals surface area contributed by atoms with Gasteiger partial charge in [0.25, 0.3) is 0 Å². The second-order valence-electron chi connectivity index (χ2n) is 3.73. The number of amides is 1. The van der Waals surface area contributed by atoms with Gasteiger partial charge in [-0.25, -0.2) is 0 Å². The lowest BCUT2D eigenvalue weighted by atomic mass is 10.1. The predicted octanol–water partition coefficient (Wildman–Crippen LogP) is 2.56. The largest absolute Gasteiger partial charge is 0.337 e. The van der Waals surface area contributed by atoms with E-state index >= 15 is 0 Å². The lowest BCUT2D eigenvalue weighted by Gasteiger charge is -2.27. The molecule has 0 N–H and O–H groups in total. The number of likely N-dealkylation sites (tertiary alicyclic amines) is 1. The van der Waals surface area contributed by atoms with Gasteiger partial charge in [-0.3, -0.25) is 4.79 Å². The average Bonchev–Trinajstić information content (AvgIpc) is 2.47. The maximum atomic E-state index is 11.7. The monoisotopic (exact) mass is 247 g/mol. The van der Waals surface area contributed by atoms with E-state index in [0.717, 1.165) is 11.8 Å². The van der Waals surface area contributed by atoms with Gasteiger partial charge in [-0.1, -0.05) is 22.9 Å². The van der Waals surface area contributed by atoms with Crippen LogP contribution < -0.4 is 0 Å². The number of alkyl halides is 1. The lowest BCUT2D eigenvalue weighted by molar-refractivity contribution is -0.133. The van der Waals surface area contributed by atoms with Crippen LogP contribution in [0.5, 0.6) is 0 Å². The minimum absolute atomic E-state index is 0.314. The molecule has 3 heteroatoms. The highest BCUT2D eigenvalue weighted by molar-refractivity contribution is 9.09. The Bertz CT molecular complexity index is 184. The third-order valence-corrected chi connectivity index (χ3v) is 3.25. The molecule has 2 atom stereocenters. The van der Waals surface area contributed by atoms with Crippen molar-refractivity contribution in [2.45, 2.75) is 51.6 Å². The van der Waals surface area contributed by atoms with E-state index in [2.05, 4.69) is 34.7 Å². The first-order valence-electron chi connectivity index (χ1n) is 5.07. The first kappa shape index (κ1) is 11.0. The Morgan fingerprint density at radius 2 is 2.23 bits per heavy atom. The van der Waals surface area contributed by atoms with Crippen LogP contribution in [0.15, 0.2) is 0 Å². The fourth-order valence-corrected chi connectivity index (χ4v) is 2.47. The van der Waals surface area contributed by atoms with Gasteiger partial charge in [-0.2, -0.15) is 0 Å². The molecular formula is C10H18BrNO. The van der Waals surface area contributed by atoms with Crippen LogP contribution in [0.2, 0.25) is 0 Å². The van der Waals surface area contributed by atoms with Crippen LogP contribution in [0.1, 0.15) is 39.5 Å². The van der Waals surface area contributed by atoms with Crippen molar-refractivity contribution < 1.29 is 4.79 Å². The van der Waals surface area contributed by atoms with Gasteiger partial charge >= 0.3 is 0 Å². The van der Waals surface area contributed by atoms with E-state index in [4.69, 9.17) is 0 Å². The molecule has 0 aromatic carbocycles. The topological polar surface area (TPSA) is 20.3 Å². The summed E-state index contributed by atoms with van der Waals surface area (Å²) in [6.07, 6.45) is 4.09. The van der Waals surface area contributed by atoms with Crippen molar-refractivity contribution in [3.05, 3.63) is 0 Å². The van der Waals surface area contributed by atoms with Crippen LogP contribution in [0.4, 0.5) is 0 Å². The molecule has 0 bridgehead atoms. The van der Waals surface area contributed by atoms with E-state index in [1.807, 2.05) is 0 Å². The maximum absolute atomic E-state index is 11.7. The van der Waals surface area contributed by atoms with E-state index in [1.54, 1.807) is 0 Å². The summed E-state index contributed by atoms with van der Waals surface area (Å²) in [6.45, 7) is 4.32. The van der Waals surface area contributed by atoms with Gasteiger partial charge in [-0.05, 0) is 26.2 Å². The molecule has 1 saturated heterocycles. The van der Waals surface area contributed by atoms with Crippen LogP contribution in [0.25, 0.3) is 0 Å². The normalized spacial score (nSPS) is 28.1. The van der Waals surface area contributed by atoms with Crippen LogP contribution in [0.3, 0.4) is 0 Å². The van der Waals surface area contributed by atoms with Crippen molar-refractivity contribution in [2.24, 2.45) is 0 Å². The number of carbonyl (C=O) groups excluding carboxylic acids is 1. The summed E-state index contributed by atoms with van der Waals surface area (Å²) in [7, 11) is 0. The number of hydrogen-bond donors (Lipinski definition) is 0. The lowest BCUT2D eigenvalue weighted by Crippen LogP contribution is -2.39. The molecule has 2 nitrogen and oxygen atoms in total. The van der Waals surface area contributed by atoms with Crippen molar-refractivity contribution in [3.8, 4) is 0 Å². The quantitative estimate of drug-likeness (QED) is 0.703. The molecule has 2 unspecified atom stereocenters. The minimum Gasteiger partial charge on any atom is -0.337 e. The highest BCUT2D eigenvalue weighted by atomic mass is 79.9. The van der Waals surface area contributed by atoms with Crippen LogP contribution in [0, 0.1) is 0 Å². The van der Waals surface area contributed by atoms with E-state index in [-0.39, 0.29) is 0 Å². The molecule has 1 fully saturated rings. The van der Waals surface area contributed by atoms with Gasteiger partial charge in [0.1, 0.15) is 0 Å². The summed E-state index contributed by atoms with van der Waals surface area (Å²) in [5, 5.41) is 0.783. The smallest absolute Gasteiger partial charge is 0.223 e. The Kier molecular flexibility index (Phi) is 4.23. The molecule has 0 radical (unpaired) electrons. The van der Waals surface area contributed by atoms with Crippen molar-refractivity contribution in [2.75, 3.05) is 5.33 Å². The van der Waals surface area contributed by atoms with Gasteiger partial charge < -0.3 is 4.90 Å². The summed E-state index contributed by atoms with van der Waals surface area (Å²) < 4.78 is 0. The highest BCUT2D eigenvalue weighted by Gasteiger charge is 2.32. The molecule has 1 amide bonds. The SMILES string of the molecule is CCC1CCC(C)N1C(=O)CCBr. The van der Waals surface area contributed by atoms with Crippen molar-refractivity contribution in [1.29, 1.82) is 0 Å². The standard InChI is InChI=1S/C10H18BrNO/c1-3-9-5-4-8(2)12(9)10(13)6-7-11/h8-9H,3-7H2,1-2H3. The first-order valence-corrected chi connectivity index (χ1v) is 6.20. The molecule has 1 rings (SSSR count). The van der Waals surface area contributed by atoms with Gasteiger partial charge in [0.2, 0.25) is 5.91 Å². The molecule has 1 heterocycles. The molecule has 0 spiro atoms. The van der Waals surface area contributed by atoms with E-state index in [1.165, 1.54) is 12.8 Å². The summed E-state index contributed by atoms with van der Waals surface area (Å²) in [5.74, 6) is 0.314. The fraction of sp³-hybridized carbons (Fsp3) is 0.900. The molecule has 1 aliphatic heterocycles. The molecule has 13 heavy (non-hydrogen) atoms. The van der Waals surface area contributed by atoms with E-state index in [0.29, 0.717) is 24.4 Å². The minimum atomic E-state index is 0.314. The Labute approximate surface area is 88.8 Å². The molecule has 1 aliphatic rings. The number of halogens is 1. The zero-order valence-corrected chi connectivity index (χ0v) is 10.0. The Morgan fingerprint density at radius 1 is 1.54 bits per heavy atom. The molecule has 0 aromatic heterocycles. The Balaban J connectivity index is 2.58. The van der Waals surface area contributed by atoms with Gasteiger partial charge in [-0.15, -0.1) is 0 Å². The summed E-state index contributed by atoms with van der Waals surface area (Å²) in [5.41, 5.74) is 0. The van der Waals surface area contributed by atoms with Crippen molar-refractivity contribution in [1.82, 2.24) is 4.90 Å². The van der Waals surface area contributed by atoms with Gasteiger partial charge in [0, 0.05) is 23.8 Å². The highest BCUT2D eigenvalue weighted by Crippen LogP contribution is 2.26. The fourth-order valence-electron chi connectivity index (χ4n) is 2.13. The molecule has 0 aliphatic carbocycles. The van der Waals surface area contributed by atoms with Crippen molar-refractivity contribution >= 4 is 21.8 Å². The average molecular weight is 248 g/mol. The summed E-state index contributed by atoms with van der Waals surface area (Å²) in [6, 6.07) is 0.957.